The number of hydrogen-bond donors (Lipinski definition) is 2. The number of benzene rings is 2. The number of carbonyl (C=O) groups is 1. The average Bonchev–Trinajstić information content (AvgIpc) is 2.73. The van der Waals surface area contributed by atoms with Crippen molar-refractivity contribution in [2.45, 2.75) is 64.3 Å². The maximum absolute atomic E-state index is 13.8. The van der Waals surface area contributed by atoms with Gasteiger partial charge in [0.25, 0.3) is 0 Å². The first-order valence-corrected chi connectivity index (χ1v) is 12.5. The van der Waals surface area contributed by atoms with Crippen LogP contribution in [0.2, 0.25) is 0 Å². The summed E-state index contributed by atoms with van der Waals surface area (Å²) in [7, 11) is -0.942. The lowest BCUT2D eigenvalue weighted by Gasteiger charge is -2.34. The Bertz CT molecular complexity index is 918. The molecule has 0 radical (unpaired) electrons. The first-order chi connectivity index (χ1) is 15.0. The molecule has 3 atom stereocenters. The highest BCUT2D eigenvalue weighted by atomic mass is 32.2. The van der Waals surface area contributed by atoms with Crippen LogP contribution in [-0.4, -0.2) is 28.5 Å². The molecule has 0 spiro atoms. The van der Waals surface area contributed by atoms with Crippen LogP contribution in [0, 0.1) is 5.82 Å². The van der Waals surface area contributed by atoms with Gasteiger partial charge in [-0.25, -0.2) is 13.3 Å². The van der Waals surface area contributed by atoms with Crippen LogP contribution in [-0.2, 0) is 35.0 Å². The predicted octanol–water partition coefficient (Wildman–Crippen LogP) is 4.20. The molecule has 1 aliphatic rings. The second kappa shape index (κ2) is 11.5. The number of carbonyl (C=O) groups excluding carboxylic acids is 1. The van der Waals surface area contributed by atoms with Gasteiger partial charge in [-0.05, 0) is 72.9 Å². The van der Waals surface area contributed by atoms with Crippen molar-refractivity contribution in [1.82, 2.24) is 10.0 Å². The Hall–Kier alpha value is -2.05. The molecule has 0 saturated heterocycles. The van der Waals surface area contributed by atoms with Gasteiger partial charge in [0.2, 0.25) is 5.91 Å². The monoisotopic (exact) mass is 444 g/mol. The standard InChI is InChI=1S/C25H33FN2O2S/c1-3-14-31(30)27-13-5-7-19-9-10-21-11-12-25(28-18(2)29)24(23(21)16-19)17-20-6-4-8-22(26)15-20/h4,6,8-10,15-16,24-25,27H,3,5,7,11-14,17H2,1-2H3,(H,28,29). The minimum atomic E-state index is -0.942. The average molecular weight is 445 g/mol. The molecule has 2 aromatic carbocycles. The van der Waals surface area contributed by atoms with Gasteiger partial charge >= 0.3 is 0 Å². The third kappa shape index (κ3) is 6.97. The highest BCUT2D eigenvalue weighted by molar-refractivity contribution is 7.83. The summed E-state index contributed by atoms with van der Waals surface area (Å²) in [6.45, 7) is 4.31. The smallest absolute Gasteiger partial charge is 0.217 e. The Labute approximate surface area is 187 Å². The maximum Gasteiger partial charge on any atom is 0.217 e. The number of halogens is 1. The largest absolute Gasteiger partial charge is 0.353 e. The zero-order valence-electron chi connectivity index (χ0n) is 18.5. The molecule has 0 aromatic heterocycles. The van der Waals surface area contributed by atoms with Crippen molar-refractivity contribution in [3.8, 4) is 0 Å². The Kier molecular flexibility index (Phi) is 8.79. The molecule has 0 aliphatic heterocycles. The van der Waals surface area contributed by atoms with E-state index in [2.05, 4.69) is 28.2 Å². The van der Waals surface area contributed by atoms with Crippen LogP contribution in [0.4, 0.5) is 4.39 Å². The van der Waals surface area contributed by atoms with Crippen LogP contribution in [0.5, 0.6) is 0 Å². The highest BCUT2D eigenvalue weighted by Crippen LogP contribution is 2.35. The predicted molar refractivity (Wildman–Crippen MR) is 125 cm³/mol. The molecule has 1 amide bonds. The zero-order valence-corrected chi connectivity index (χ0v) is 19.3. The van der Waals surface area contributed by atoms with Gasteiger partial charge in [0, 0.05) is 31.2 Å². The van der Waals surface area contributed by atoms with E-state index in [0.29, 0.717) is 12.2 Å². The number of rotatable bonds is 10. The molecule has 0 bridgehead atoms. The van der Waals surface area contributed by atoms with Gasteiger partial charge < -0.3 is 5.32 Å². The van der Waals surface area contributed by atoms with E-state index in [1.807, 2.05) is 13.0 Å². The lowest BCUT2D eigenvalue weighted by Crippen LogP contribution is -2.41. The first-order valence-electron chi connectivity index (χ1n) is 11.2. The number of amides is 1. The molecular formula is C25H33FN2O2S. The lowest BCUT2D eigenvalue weighted by atomic mass is 9.75. The summed E-state index contributed by atoms with van der Waals surface area (Å²) >= 11 is 0. The molecule has 0 saturated carbocycles. The Morgan fingerprint density at radius 1 is 1.19 bits per heavy atom. The van der Waals surface area contributed by atoms with Crippen LogP contribution >= 0.6 is 0 Å². The fraction of sp³-hybridized carbons (Fsp3) is 0.480. The fourth-order valence-electron chi connectivity index (χ4n) is 4.44. The molecule has 2 N–H and O–H groups in total. The van der Waals surface area contributed by atoms with Gasteiger partial charge in [-0.2, -0.15) is 0 Å². The number of nitrogens with one attached hydrogen (secondary N) is 2. The van der Waals surface area contributed by atoms with E-state index < -0.39 is 11.0 Å². The second-order valence-corrected chi connectivity index (χ2v) is 9.75. The van der Waals surface area contributed by atoms with E-state index in [-0.39, 0.29) is 23.7 Å². The van der Waals surface area contributed by atoms with Crippen LogP contribution in [0.1, 0.15) is 61.3 Å². The van der Waals surface area contributed by atoms with Gasteiger partial charge in [-0.1, -0.05) is 37.3 Å². The van der Waals surface area contributed by atoms with Crippen molar-refractivity contribution >= 4 is 16.9 Å². The fourth-order valence-corrected chi connectivity index (χ4v) is 5.33. The van der Waals surface area contributed by atoms with Gasteiger partial charge in [-0.3, -0.25) is 4.79 Å². The van der Waals surface area contributed by atoms with Crippen molar-refractivity contribution in [3.05, 3.63) is 70.5 Å². The Morgan fingerprint density at radius 3 is 2.77 bits per heavy atom. The van der Waals surface area contributed by atoms with Crippen LogP contribution < -0.4 is 10.0 Å². The zero-order chi connectivity index (χ0) is 22.2. The molecular weight excluding hydrogens is 411 g/mol. The molecule has 3 unspecified atom stereocenters. The summed E-state index contributed by atoms with van der Waals surface area (Å²) in [5.74, 6) is 0.543. The van der Waals surface area contributed by atoms with Crippen molar-refractivity contribution in [2.24, 2.45) is 0 Å². The number of hydrogen-bond acceptors (Lipinski definition) is 2. The highest BCUT2D eigenvalue weighted by Gasteiger charge is 2.30. The van der Waals surface area contributed by atoms with Gasteiger partial charge in [0.1, 0.15) is 5.82 Å². The lowest BCUT2D eigenvalue weighted by molar-refractivity contribution is -0.119. The summed E-state index contributed by atoms with van der Waals surface area (Å²) in [6, 6.07) is 13.4. The Morgan fingerprint density at radius 2 is 2.03 bits per heavy atom. The van der Waals surface area contributed by atoms with E-state index >= 15 is 0 Å². The Balaban J connectivity index is 1.75. The summed E-state index contributed by atoms with van der Waals surface area (Å²) in [5, 5.41) is 3.13. The molecule has 3 rings (SSSR count). The van der Waals surface area contributed by atoms with E-state index in [1.165, 1.54) is 22.8 Å². The SMILES string of the molecule is CCCS(=O)NCCCc1ccc2c(c1)C(Cc1cccc(F)c1)C(NC(C)=O)CC2. The summed E-state index contributed by atoms with van der Waals surface area (Å²) in [5.41, 5.74) is 4.76. The molecule has 0 heterocycles. The summed E-state index contributed by atoms with van der Waals surface area (Å²) in [6.07, 6.45) is 5.24. The quantitative estimate of drug-likeness (QED) is 0.540. The molecule has 31 heavy (non-hydrogen) atoms. The maximum atomic E-state index is 13.8. The van der Waals surface area contributed by atoms with Gasteiger partial charge in [0.05, 0.1) is 11.0 Å². The summed E-state index contributed by atoms with van der Waals surface area (Å²) in [4.78, 5) is 11.8. The third-order valence-electron chi connectivity index (χ3n) is 5.85. The van der Waals surface area contributed by atoms with Crippen LogP contribution in [0.3, 0.4) is 0 Å². The number of aryl methyl sites for hydroxylation is 2. The topological polar surface area (TPSA) is 58.2 Å². The minimum absolute atomic E-state index is 0.0278. The third-order valence-corrected chi connectivity index (χ3v) is 7.15. The van der Waals surface area contributed by atoms with Crippen molar-refractivity contribution in [3.63, 3.8) is 0 Å². The van der Waals surface area contributed by atoms with Crippen LogP contribution in [0.25, 0.3) is 0 Å². The molecule has 2 aromatic rings. The van der Waals surface area contributed by atoms with E-state index in [0.717, 1.165) is 44.2 Å². The normalized spacial score (nSPS) is 18.9. The number of fused-ring (bicyclic) bond motifs is 1. The molecule has 4 nitrogen and oxygen atoms in total. The first kappa shape index (κ1) is 23.6. The van der Waals surface area contributed by atoms with Crippen molar-refractivity contribution in [2.75, 3.05) is 12.3 Å². The van der Waals surface area contributed by atoms with Crippen molar-refractivity contribution in [1.29, 1.82) is 0 Å². The van der Waals surface area contributed by atoms with E-state index in [1.54, 1.807) is 19.1 Å². The molecule has 6 heteroatoms. The van der Waals surface area contributed by atoms with Gasteiger partial charge in [0.15, 0.2) is 0 Å². The molecule has 168 valence electrons. The molecule has 0 fully saturated rings. The summed E-state index contributed by atoms with van der Waals surface area (Å²) < 4.78 is 28.6. The van der Waals surface area contributed by atoms with Crippen molar-refractivity contribution < 1.29 is 13.4 Å². The van der Waals surface area contributed by atoms with Gasteiger partial charge in [-0.15, -0.1) is 0 Å². The molecule has 1 aliphatic carbocycles. The minimum Gasteiger partial charge on any atom is -0.353 e. The van der Waals surface area contributed by atoms with E-state index in [9.17, 15) is 13.4 Å². The van der Waals surface area contributed by atoms with Crippen LogP contribution in [0.15, 0.2) is 42.5 Å². The van der Waals surface area contributed by atoms with E-state index in [4.69, 9.17) is 0 Å². The second-order valence-electron chi connectivity index (χ2n) is 8.37.